The normalized spacial score (nSPS) is 25.2. The van der Waals surface area contributed by atoms with Crippen molar-refractivity contribution in [2.24, 2.45) is 17.6 Å². The van der Waals surface area contributed by atoms with Crippen molar-refractivity contribution in [2.75, 3.05) is 45.0 Å². The molecule has 1 fully saturated rings. The van der Waals surface area contributed by atoms with Crippen LogP contribution in [0.5, 0.6) is 5.75 Å². The number of aromatic hydroxyl groups is 1. The first kappa shape index (κ1) is 29.2. The van der Waals surface area contributed by atoms with Crippen molar-refractivity contribution in [3.05, 3.63) is 70.0 Å². The fourth-order valence-corrected chi connectivity index (χ4v) is 6.81. The van der Waals surface area contributed by atoms with Crippen LogP contribution in [0.15, 0.2) is 53.3 Å². The van der Waals surface area contributed by atoms with Crippen LogP contribution in [-0.2, 0) is 27.2 Å². The van der Waals surface area contributed by atoms with Crippen molar-refractivity contribution in [3.63, 3.8) is 0 Å². The first-order valence-corrected chi connectivity index (χ1v) is 13.8. The number of benzene rings is 2. The number of likely N-dealkylation sites (N-methyl/N-ethyl adjacent to an activating group) is 1. The summed E-state index contributed by atoms with van der Waals surface area (Å²) in [6.45, 7) is 0.484. The number of hydrogen-bond acceptors (Lipinski definition) is 10. The highest BCUT2D eigenvalue weighted by molar-refractivity contribution is 6.24. The molecular weight excluding hydrogens is 540 g/mol. The largest absolute Gasteiger partial charge is 0.508 e. The van der Waals surface area contributed by atoms with Gasteiger partial charge in [-0.15, -0.1) is 0 Å². The van der Waals surface area contributed by atoms with Gasteiger partial charge < -0.3 is 36.4 Å². The summed E-state index contributed by atoms with van der Waals surface area (Å²) in [6, 6.07) is 10.5. The Labute approximate surface area is 243 Å². The molecule has 1 saturated carbocycles. The number of nitrogens with two attached hydrogens (primary N) is 1. The number of carbonyl (C=O) groups excluding carboxylic acids is 3. The molecule has 11 heteroatoms. The molecule has 4 atom stereocenters. The summed E-state index contributed by atoms with van der Waals surface area (Å²) in [5.74, 6) is -6.70. The zero-order valence-corrected chi connectivity index (χ0v) is 24.0. The molecule has 11 nitrogen and oxygen atoms in total. The Hall–Kier alpha value is -4.35. The van der Waals surface area contributed by atoms with Crippen molar-refractivity contribution >= 4 is 34.6 Å². The van der Waals surface area contributed by atoms with E-state index >= 15 is 0 Å². The molecule has 3 aliphatic rings. The van der Waals surface area contributed by atoms with Gasteiger partial charge in [-0.05, 0) is 56.5 Å². The van der Waals surface area contributed by atoms with E-state index in [2.05, 4.69) is 5.32 Å². The Morgan fingerprint density at radius 3 is 2.36 bits per heavy atom. The maximum absolute atomic E-state index is 14.1. The fourth-order valence-electron chi connectivity index (χ4n) is 6.81. The van der Waals surface area contributed by atoms with Crippen LogP contribution >= 0.6 is 0 Å². The van der Waals surface area contributed by atoms with Crippen LogP contribution in [0.25, 0.3) is 5.76 Å². The van der Waals surface area contributed by atoms with Crippen LogP contribution in [-0.4, -0.2) is 89.2 Å². The topological polar surface area (TPSA) is 177 Å². The average molecular weight is 577 g/mol. The third-order valence-electron chi connectivity index (χ3n) is 8.75. The van der Waals surface area contributed by atoms with E-state index < -0.39 is 58.0 Å². The molecule has 1 amide bonds. The van der Waals surface area contributed by atoms with E-state index in [-0.39, 0.29) is 29.7 Å². The smallest absolute Gasteiger partial charge is 0.255 e. The van der Waals surface area contributed by atoms with Gasteiger partial charge in [-0.25, -0.2) is 0 Å². The number of ketones is 2. The summed E-state index contributed by atoms with van der Waals surface area (Å²) >= 11 is 0. The summed E-state index contributed by atoms with van der Waals surface area (Å²) in [7, 11) is 6.80. The maximum Gasteiger partial charge on any atom is 0.255 e. The minimum absolute atomic E-state index is 0.0382. The van der Waals surface area contributed by atoms with Gasteiger partial charge in [0.2, 0.25) is 5.78 Å². The molecule has 0 radical (unpaired) electrons. The third kappa shape index (κ3) is 4.31. The van der Waals surface area contributed by atoms with E-state index in [1.165, 1.54) is 4.90 Å². The number of fused-ring (bicyclic) bond motifs is 3. The molecule has 0 spiro atoms. The summed E-state index contributed by atoms with van der Waals surface area (Å²) in [6.07, 6.45) is 0.937. The van der Waals surface area contributed by atoms with Crippen LogP contribution in [0.3, 0.4) is 0 Å². The molecule has 0 aliphatic heterocycles. The number of phenols is 1. The molecule has 7 N–H and O–H groups in total. The van der Waals surface area contributed by atoms with Gasteiger partial charge in [0.1, 0.15) is 22.8 Å². The molecule has 0 saturated heterocycles. The number of phenolic OH excluding ortho intramolecular Hbond substituents is 1. The number of hydrogen-bond donors (Lipinski definition) is 6. The van der Waals surface area contributed by atoms with Crippen LogP contribution in [0.2, 0.25) is 0 Å². The number of aliphatic hydroxyl groups excluding tert-OH is 2. The minimum atomic E-state index is -2.67. The first-order valence-electron chi connectivity index (χ1n) is 13.8. The Morgan fingerprint density at radius 2 is 1.76 bits per heavy atom. The van der Waals surface area contributed by atoms with Crippen molar-refractivity contribution in [1.82, 2.24) is 4.90 Å². The van der Waals surface area contributed by atoms with Crippen LogP contribution in [0.1, 0.15) is 23.1 Å². The lowest BCUT2D eigenvalue weighted by atomic mass is 9.57. The summed E-state index contributed by atoms with van der Waals surface area (Å²) in [4.78, 5) is 42.8. The van der Waals surface area contributed by atoms with E-state index in [0.29, 0.717) is 29.9 Å². The summed E-state index contributed by atoms with van der Waals surface area (Å²) < 4.78 is 0. The van der Waals surface area contributed by atoms with E-state index in [0.717, 1.165) is 5.56 Å². The molecule has 0 bridgehead atoms. The lowest BCUT2D eigenvalue weighted by Gasteiger charge is -2.50. The van der Waals surface area contributed by atoms with Gasteiger partial charge in [-0.3, -0.25) is 19.3 Å². The number of primary amides is 1. The number of aliphatic hydroxyl groups is 3. The SMILES string of the molecule is CN(C)c1cc(NCCc2ccccc2)c(O)c2c1C[C@H]1C[C@H]3[C@H](N(C)C)C(=O)C(C(N)=O)=C(O)[C@@]3(O)C(=O)C1=C2O. The summed E-state index contributed by atoms with van der Waals surface area (Å²) in [5, 5.41) is 49.0. The number of carbonyl (C=O) groups is 3. The Morgan fingerprint density at radius 1 is 1.10 bits per heavy atom. The minimum Gasteiger partial charge on any atom is -0.508 e. The molecule has 2 aromatic carbocycles. The van der Waals surface area contributed by atoms with Crippen LogP contribution in [0.4, 0.5) is 11.4 Å². The Kier molecular flexibility index (Phi) is 7.28. The Bertz CT molecular complexity index is 1550. The van der Waals surface area contributed by atoms with Gasteiger partial charge in [0.25, 0.3) is 5.91 Å². The van der Waals surface area contributed by atoms with Crippen molar-refractivity contribution in [3.8, 4) is 5.75 Å². The molecule has 3 aliphatic carbocycles. The van der Waals surface area contributed by atoms with Crippen molar-refractivity contribution in [1.29, 1.82) is 0 Å². The number of nitrogens with one attached hydrogen (secondary N) is 1. The quantitative estimate of drug-likeness (QED) is 0.210. The number of Topliss-reactive ketones (excluding diaryl/α,β-unsaturated/α-hetero) is 2. The second kappa shape index (κ2) is 10.5. The molecule has 0 unspecified atom stereocenters. The van der Waals surface area contributed by atoms with Gasteiger partial charge in [0, 0.05) is 37.8 Å². The summed E-state index contributed by atoms with van der Waals surface area (Å²) in [5.41, 5.74) is 4.54. The van der Waals surface area contributed by atoms with Gasteiger partial charge >= 0.3 is 0 Å². The number of nitrogens with zero attached hydrogens (tertiary/aromatic N) is 2. The lowest BCUT2D eigenvalue weighted by Crippen LogP contribution is -2.65. The molecule has 42 heavy (non-hydrogen) atoms. The van der Waals surface area contributed by atoms with Crippen LogP contribution < -0.4 is 16.0 Å². The predicted octanol–water partition coefficient (Wildman–Crippen LogP) is 1.68. The number of rotatable bonds is 7. The number of anilines is 2. The van der Waals surface area contributed by atoms with Crippen LogP contribution in [0, 0.1) is 11.8 Å². The van der Waals surface area contributed by atoms with E-state index in [1.807, 2.05) is 49.3 Å². The van der Waals surface area contributed by atoms with E-state index in [9.17, 15) is 34.8 Å². The van der Waals surface area contributed by atoms with Crippen molar-refractivity contribution < 1.29 is 34.8 Å². The maximum atomic E-state index is 14.1. The van der Waals surface area contributed by atoms with Gasteiger partial charge in [0.15, 0.2) is 11.4 Å². The second-order valence-corrected chi connectivity index (χ2v) is 11.7. The fraction of sp³-hybridized carbons (Fsp3) is 0.387. The van der Waals surface area contributed by atoms with E-state index in [4.69, 9.17) is 5.73 Å². The molecule has 222 valence electrons. The monoisotopic (exact) mass is 576 g/mol. The lowest BCUT2D eigenvalue weighted by molar-refractivity contribution is -0.153. The average Bonchev–Trinajstić information content (AvgIpc) is 2.92. The molecule has 0 heterocycles. The molecule has 0 aromatic heterocycles. The zero-order valence-electron chi connectivity index (χ0n) is 24.0. The standard InChI is InChI=1S/C31H36N4O7/c1-34(2)20-14-19(33-11-10-15-8-6-5-7-9-15)25(36)22-17(20)12-16-13-18-24(35(3)4)27(38)23(30(32)41)29(40)31(18,42)28(39)21(16)26(22)37/h5-9,14,16,18,24,33,36-37,40,42H,10-13H2,1-4H3,(H2,32,41)/t16-,18-,24-,31-/m0/s1. The highest BCUT2D eigenvalue weighted by Gasteiger charge is 2.64. The first-order chi connectivity index (χ1) is 19.8. The zero-order chi connectivity index (χ0) is 30.7. The number of amides is 1. The third-order valence-corrected chi connectivity index (χ3v) is 8.75. The Balaban J connectivity index is 1.63. The van der Waals surface area contributed by atoms with Gasteiger partial charge in [-0.2, -0.15) is 0 Å². The molecule has 5 rings (SSSR count). The van der Waals surface area contributed by atoms with Gasteiger partial charge in [0.05, 0.1) is 17.3 Å². The molecular formula is C31H36N4O7. The second-order valence-electron chi connectivity index (χ2n) is 11.7. The highest BCUT2D eigenvalue weighted by atomic mass is 16.3. The molecule has 2 aromatic rings. The van der Waals surface area contributed by atoms with E-state index in [1.54, 1.807) is 20.2 Å². The van der Waals surface area contributed by atoms with Crippen molar-refractivity contribution in [2.45, 2.75) is 30.9 Å². The predicted molar refractivity (Wildman–Crippen MR) is 157 cm³/mol. The highest BCUT2D eigenvalue weighted by Crippen LogP contribution is 2.54. The van der Waals surface area contributed by atoms with Gasteiger partial charge in [-0.1, -0.05) is 30.3 Å².